The molecule has 19 heavy (non-hydrogen) atoms. The number of aromatic nitrogens is 1. The number of nitrogens with zero attached hydrogens (tertiary/aromatic N) is 1. The zero-order valence-corrected chi connectivity index (χ0v) is 11.4. The van der Waals surface area contributed by atoms with Gasteiger partial charge in [-0.3, -0.25) is 10.1 Å². The predicted molar refractivity (Wildman–Crippen MR) is 73.8 cm³/mol. The van der Waals surface area contributed by atoms with Gasteiger partial charge in [0.1, 0.15) is 0 Å². The second-order valence-electron chi connectivity index (χ2n) is 3.74. The van der Waals surface area contributed by atoms with Crippen LogP contribution >= 0.6 is 11.3 Å². The molecule has 0 aliphatic carbocycles. The Morgan fingerprint density at radius 3 is 2.74 bits per heavy atom. The van der Waals surface area contributed by atoms with Crippen molar-refractivity contribution in [3.63, 3.8) is 0 Å². The molecule has 1 amide bonds. The molecule has 0 bridgehead atoms. The van der Waals surface area contributed by atoms with E-state index >= 15 is 0 Å². The highest BCUT2D eigenvalue weighted by Crippen LogP contribution is 2.27. The molecule has 0 radical (unpaired) electrons. The lowest BCUT2D eigenvalue weighted by atomic mass is 10.3. The van der Waals surface area contributed by atoms with E-state index in [0.717, 1.165) is 0 Å². The third kappa shape index (κ3) is 3.45. The quantitative estimate of drug-likeness (QED) is 0.913. The molecular weight excluding hydrogens is 264 g/mol. The summed E-state index contributed by atoms with van der Waals surface area (Å²) in [7, 11) is 1.56. The average Bonchev–Trinajstić information content (AvgIpc) is 2.92. The molecule has 5 nitrogen and oxygen atoms in total. The first kappa shape index (κ1) is 13.4. The number of thiazole rings is 1. The van der Waals surface area contributed by atoms with Gasteiger partial charge in [-0.05, 0) is 19.1 Å². The highest BCUT2D eigenvalue weighted by Gasteiger charge is 2.17. The normalized spacial score (nSPS) is 11.7. The van der Waals surface area contributed by atoms with Gasteiger partial charge in [-0.2, -0.15) is 0 Å². The Bertz CT molecular complexity index is 543. The van der Waals surface area contributed by atoms with Gasteiger partial charge in [0, 0.05) is 11.6 Å². The van der Waals surface area contributed by atoms with Crippen LogP contribution in [0.4, 0.5) is 5.13 Å². The van der Waals surface area contributed by atoms with Gasteiger partial charge in [0.2, 0.25) is 0 Å². The van der Waals surface area contributed by atoms with E-state index < -0.39 is 6.10 Å². The summed E-state index contributed by atoms with van der Waals surface area (Å²) in [4.78, 5) is 15.9. The van der Waals surface area contributed by atoms with Crippen LogP contribution in [-0.4, -0.2) is 24.1 Å². The number of anilines is 1. The Labute approximate surface area is 115 Å². The van der Waals surface area contributed by atoms with Crippen molar-refractivity contribution >= 4 is 22.4 Å². The van der Waals surface area contributed by atoms with Gasteiger partial charge in [0.05, 0.1) is 7.11 Å². The summed E-state index contributed by atoms with van der Waals surface area (Å²) in [5.41, 5.74) is 0. The monoisotopic (exact) mass is 278 g/mol. The number of carbonyl (C=O) groups excluding carboxylic acids is 1. The van der Waals surface area contributed by atoms with Crippen molar-refractivity contribution in [2.75, 3.05) is 12.4 Å². The molecule has 0 spiro atoms. The van der Waals surface area contributed by atoms with Gasteiger partial charge in [0.15, 0.2) is 22.7 Å². The van der Waals surface area contributed by atoms with Crippen molar-refractivity contribution in [3.05, 3.63) is 35.8 Å². The first-order valence-corrected chi connectivity index (χ1v) is 6.58. The fourth-order valence-corrected chi connectivity index (χ4v) is 1.98. The molecule has 1 atom stereocenters. The molecule has 0 aliphatic heterocycles. The summed E-state index contributed by atoms with van der Waals surface area (Å²) in [6, 6.07) is 7.20. The number of hydrogen-bond donors (Lipinski definition) is 1. The molecule has 2 rings (SSSR count). The van der Waals surface area contributed by atoms with Gasteiger partial charge >= 0.3 is 0 Å². The Balaban J connectivity index is 2.00. The molecule has 1 N–H and O–H groups in total. The number of para-hydroxylation sites is 2. The van der Waals surface area contributed by atoms with E-state index in [1.54, 1.807) is 37.7 Å². The summed E-state index contributed by atoms with van der Waals surface area (Å²) in [5.74, 6) is 0.879. The predicted octanol–water partition coefficient (Wildman–Crippen LogP) is 2.56. The molecule has 1 heterocycles. The zero-order chi connectivity index (χ0) is 13.7. The number of carbonyl (C=O) groups is 1. The maximum absolute atomic E-state index is 11.9. The van der Waals surface area contributed by atoms with Gasteiger partial charge < -0.3 is 9.47 Å². The van der Waals surface area contributed by atoms with E-state index in [2.05, 4.69) is 10.3 Å². The van der Waals surface area contributed by atoms with Crippen molar-refractivity contribution in [1.29, 1.82) is 0 Å². The highest BCUT2D eigenvalue weighted by molar-refractivity contribution is 7.13. The molecule has 0 aliphatic rings. The third-order valence-electron chi connectivity index (χ3n) is 2.40. The lowest BCUT2D eigenvalue weighted by Crippen LogP contribution is -2.30. The molecular formula is C13H14N2O3S. The third-order valence-corrected chi connectivity index (χ3v) is 3.09. The van der Waals surface area contributed by atoms with Crippen LogP contribution in [0, 0.1) is 0 Å². The van der Waals surface area contributed by atoms with Crippen LogP contribution < -0.4 is 14.8 Å². The molecule has 0 saturated heterocycles. The zero-order valence-electron chi connectivity index (χ0n) is 10.6. The van der Waals surface area contributed by atoms with E-state index in [4.69, 9.17) is 9.47 Å². The minimum Gasteiger partial charge on any atom is -0.493 e. The maximum atomic E-state index is 11.9. The van der Waals surface area contributed by atoms with Crippen LogP contribution in [0.25, 0.3) is 0 Å². The lowest BCUT2D eigenvalue weighted by molar-refractivity contribution is -0.122. The number of rotatable bonds is 5. The Kier molecular flexibility index (Phi) is 4.35. The van der Waals surface area contributed by atoms with Gasteiger partial charge in [-0.1, -0.05) is 12.1 Å². The maximum Gasteiger partial charge on any atom is 0.266 e. The number of methoxy groups -OCH3 is 1. The molecule has 0 fully saturated rings. The second-order valence-corrected chi connectivity index (χ2v) is 4.63. The first-order valence-electron chi connectivity index (χ1n) is 5.70. The van der Waals surface area contributed by atoms with E-state index in [0.29, 0.717) is 16.6 Å². The molecule has 1 aromatic carbocycles. The highest BCUT2D eigenvalue weighted by atomic mass is 32.1. The fourth-order valence-electron chi connectivity index (χ4n) is 1.45. The minimum atomic E-state index is -0.639. The second kappa shape index (κ2) is 6.19. The number of benzene rings is 1. The topological polar surface area (TPSA) is 60.5 Å². The fraction of sp³-hybridized carbons (Fsp3) is 0.231. The Morgan fingerprint density at radius 1 is 1.37 bits per heavy atom. The summed E-state index contributed by atoms with van der Waals surface area (Å²) < 4.78 is 10.8. The van der Waals surface area contributed by atoms with Crippen molar-refractivity contribution in [1.82, 2.24) is 4.98 Å². The first-order chi connectivity index (χ1) is 9.20. The Hall–Kier alpha value is -2.08. The van der Waals surface area contributed by atoms with E-state index in [-0.39, 0.29) is 5.91 Å². The van der Waals surface area contributed by atoms with Crippen LogP contribution in [0.5, 0.6) is 11.5 Å². The van der Waals surface area contributed by atoms with Crippen LogP contribution in [0.15, 0.2) is 35.8 Å². The van der Waals surface area contributed by atoms with Crippen molar-refractivity contribution in [2.24, 2.45) is 0 Å². The minimum absolute atomic E-state index is 0.249. The van der Waals surface area contributed by atoms with E-state index in [9.17, 15) is 4.79 Å². The van der Waals surface area contributed by atoms with Crippen LogP contribution in [0.3, 0.4) is 0 Å². The molecule has 2 aromatic rings. The van der Waals surface area contributed by atoms with Crippen molar-refractivity contribution in [3.8, 4) is 11.5 Å². The van der Waals surface area contributed by atoms with Gasteiger partial charge in [-0.25, -0.2) is 4.98 Å². The standard InChI is InChI=1S/C13H14N2O3S/c1-9(12(16)15-13-14-7-8-19-13)18-11-6-4-3-5-10(11)17-2/h3-9H,1-2H3,(H,14,15,16). The molecule has 100 valence electrons. The Morgan fingerprint density at radius 2 is 2.11 bits per heavy atom. The van der Waals surface area contributed by atoms with Crippen molar-refractivity contribution < 1.29 is 14.3 Å². The van der Waals surface area contributed by atoms with Crippen LogP contribution in [0.2, 0.25) is 0 Å². The number of nitrogens with one attached hydrogen (secondary N) is 1. The van der Waals surface area contributed by atoms with Crippen LogP contribution in [-0.2, 0) is 4.79 Å². The molecule has 1 aromatic heterocycles. The van der Waals surface area contributed by atoms with E-state index in [1.807, 2.05) is 12.1 Å². The summed E-state index contributed by atoms with van der Waals surface area (Å²) >= 11 is 1.36. The lowest BCUT2D eigenvalue weighted by Gasteiger charge is -2.15. The number of amides is 1. The largest absolute Gasteiger partial charge is 0.493 e. The smallest absolute Gasteiger partial charge is 0.266 e. The molecule has 6 heteroatoms. The van der Waals surface area contributed by atoms with E-state index in [1.165, 1.54) is 11.3 Å². The van der Waals surface area contributed by atoms with Crippen LogP contribution in [0.1, 0.15) is 6.92 Å². The summed E-state index contributed by atoms with van der Waals surface area (Å²) in [5, 5.41) is 5.03. The summed E-state index contributed by atoms with van der Waals surface area (Å²) in [6.07, 6.45) is 0.992. The molecule has 1 unspecified atom stereocenters. The van der Waals surface area contributed by atoms with Gasteiger partial charge in [-0.15, -0.1) is 11.3 Å². The summed E-state index contributed by atoms with van der Waals surface area (Å²) in [6.45, 7) is 1.68. The van der Waals surface area contributed by atoms with Gasteiger partial charge in [0.25, 0.3) is 5.91 Å². The SMILES string of the molecule is COc1ccccc1OC(C)C(=O)Nc1nccs1. The number of hydrogen-bond acceptors (Lipinski definition) is 5. The number of ether oxygens (including phenoxy) is 2. The van der Waals surface area contributed by atoms with Crippen molar-refractivity contribution in [2.45, 2.75) is 13.0 Å². The average molecular weight is 278 g/mol. The molecule has 0 saturated carbocycles.